The molecule has 0 fully saturated rings. The van der Waals surface area contributed by atoms with E-state index >= 15 is 0 Å². The molecule has 0 aliphatic rings. The van der Waals surface area contributed by atoms with Gasteiger partial charge in [-0.3, -0.25) is 9.59 Å². The molecule has 0 aliphatic carbocycles. The zero-order valence-electron chi connectivity index (χ0n) is 15.3. The number of nitriles is 1. The van der Waals surface area contributed by atoms with Crippen molar-refractivity contribution in [3.8, 4) is 28.8 Å². The number of carbonyl (C=O) groups is 1. The van der Waals surface area contributed by atoms with Gasteiger partial charge in [-0.15, -0.1) is 0 Å². The Hall–Kier alpha value is -4.12. The fourth-order valence-corrected chi connectivity index (χ4v) is 3.09. The zero-order chi connectivity index (χ0) is 21.1. The fraction of sp³-hybridized carbons (Fsp3) is 0.0952. The van der Waals surface area contributed by atoms with Gasteiger partial charge in [0.2, 0.25) is 0 Å². The van der Waals surface area contributed by atoms with Gasteiger partial charge in [0.15, 0.2) is 0 Å². The Morgan fingerprint density at radius 1 is 1.28 bits per heavy atom. The number of primary amides is 1. The third-order valence-electron chi connectivity index (χ3n) is 4.37. The maximum Gasteiger partial charge on any atom is 0.252 e. The predicted octanol–water partition coefficient (Wildman–Crippen LogP) is 2.46. The molecule has 146 valence electrons. The molecule has 1 aromatic heterocycles. The van der Waals surface area contributed by atoms with Crippen LogP contribution in [0, 0.1) is 17.1 Å². The number of benzene rings is 2. The van der Waals surface area contributed by atoms with Crippen LogP contribution in [0.5, 0.6) is 11.5 Å². The summed E-state index contributed by atoms with van der Waals surface area (Å²) in [6.07, 6.45) is 0.253. The summed E-state index contributed by atoms with van der Waals surface area (Å²) < 4.78 is 19.1. The lowest BCUT2D eigenvalue weighted by atomic mass is 9.98. The molecule has 1 amide bonds. The van der Waals surface area contributed by atoms with E-state index in [1.54, 1.807) is 24.3 Å². The number of aromatic nitrogens is 1. The van der Waals surface area contributed by atoms with Crippen molar-refractivity contribution in [2.24, 2.45) is 5.73 Å². The number of H-pyrrole nitrogens is 1. The summed E-state index contributed by atoms with van der Waals surface area (Å²) >= 11 is 0. The molecule has 8 heteroatoms. The number of halogens is 1. The zero-order valence-corrected chi connectivity index (χ0v) is 15.3. The molecule has 0 aliphatic heterocycles. The van der Waals surface area contributed by atoms with E-state index in [9.17, 15) is 24.3 Å². The van der Waals surface area contributed by atoms with E-state index in [1.807, 2.05) is 6.07 Å². The number of ether oxygens (including phenoxy) is 1. The SMILES string of the molecule is COc1c(Cc2ccc(-c3[nH]c(=O)cc(O)c3C#N)cc2)cc(F)cc1C(N)=O. The van der Waals surface area contributed by atoms with Gasteiger partial charge in [0.25, 0.3) is 11.5 Å². The van der Waals surface area contributed by atoms with Crippen LogP contribution in [0.25, 0.3) is 11.3 Å². The normalized spacial score (nSPS) is 10.4. The second-order valence-corrected chi connectivity index (χ2v) is 6.26. The number of aromatic amines is 1. The molecule has 0 bridgehead atoms. The van der Waals surface area contributed by atoms with Gasteiger partial charge in [-0.25, -0.2) is 4.39 Å². The average Bonchev–Trinajstić information content (AvgIpc) is 2.67. The molecule has 1 heterocycles. The molecule has 0 spiro atoms. The van der Waals surface area contributed by atoms with Crippen LogP contribution < -0.4 is 16.0 Å². The van der Waals surface area contributed by atoms with E-state index < -0.39 is 23.0 Å². The number of rotatable bonds is 5. The van der Waals surface area contributed by atoms with E-state index in [4.69, 9.17) is 10.5 Å². The highest BCUT2D eigenvalue weighted by molar-refractivity contribution is 5.96. The van der Waals surface area contributed by atoms with Crippen LogP contribution in [0.4, 0.5) is 4.39 Å². The highest BCUT2D eigenvalue weighted by Crippen LogP contribution is 2.29. The lowest BCUT2D eigenvalue weighted by Crippen LogP contribution is -2.14. The van der Waals surface area contributed by atoms with E-state index in [0.29, 0.717) is 11.1 Å². The Balaban J connectivity index is 1.99. The predicted molar refractivity (Wildman–Crippen MR) is 103 cm³/mol. The van der Waals surface area contributed by atoms with Crippen LogP contribution in [0.1, 0.15) is 27.0 Å². The quantitative estimate of drug-likeness (QED) is 0.613. The van der Waals surface area contributed by atoms with E-state index in [2.05, 4.69) is 4.98 Å². The van der Waals surface area contributed by atoms with Crippen LogP contribution in [-0.2, 0) is 6.42 Å². The Labute approximate surface area is 164 Å². The number of pyridine rings is 1. The van der Waals surface area contributed by atoms with E-state index in [1.165, 1.54) is 13.2 Å². The number of nitrogens with two attached hydrogens (primary N) is 1. The maximum atomic E-state index is 13.9. The summed E-state index contributed by atoms with van der Waals surface area (Å²) in [6, 6.07) is 11.8. The number of carbonyl (C=O) groups excluding carboxylic acids is 1. The topological polar surface area (TPSA) is 129 Å². The van der Waals surface area contributed by atoms with E-state index in [0.717, 1.165) is 17.7 Å². The standard InChI is InChI=1S/C21H16FN3O4/c1-29-20-13(7-14(22)8-15(20)21(24)28)6-11-2-4-12(5-3-11)19-16(10-23)17(26)9-18(27)25-19/h2-5,7-9H,6H2,1H3,(H2,24,28)(H2,25,26,27). The Bertz CT molecular complexity index is 1190. The van der Waals surface area contributed by atoms with Gasteiger partial charge >= 0.3 is 0 Å². The first-order valence-corrected chi connectivity index (χ1v) is 8.46. The summed E-state index contributed by atoms with van der Waals surface area (Å²) in [6.45, 7) is 0. The summed E-state index contributed by atoms with van der Waals surface area (Å²) in [7, 11) is 1.37. The van der Waals surface area contributed by atoms with Crippen molar-refractivity contribution in [2.45, 2.75) is 6.42 Å². The molecule has 4 N–H and O–H groups in total. The first kappa shape index (κ1) is 19.6. The highest BCUT2D eigenvalue weighted by Gasteiger charge is 2.17. The van der Waals surface area contributed by atoms with E-state index in [-0.39, 0.29) is 29.0 Å². The number of nitrogens with one attached hydrogen (secondary N) is 1. The lowest BCUT2D eigenvalue weighted by molar-refractivity contribution is 0.0996. The van der Waals surface area contributed by atoms with Crippen molar-refractivity contribution in [2.75, 3.05) is 7.11 Å². The van der Waals surface area contributed by atoms with Crippen molar-refractivity contribution in [3.63, 3.8) is 0 Å². The molecule has 3 rings (SSSR count). The van der Waals surface area contributed by atoms with Gasteiger partial charge in [0.05, 0.1) is 18.4 Å². The molecule has 0 atom stereocenters. The van der Waals surface area contributed by atoms with Crippen molar-refractivity contribution in [1.29, 1.82) is 5.26 Å². The van der Waals surface area contributed by atoms with Crippen molar-refractivity contribution < 1.29 is 19.0 Å². The van der Waals surface area contributed by atoms with Gasteiger partial charge < -0.3 is 20.6 Å². The molecule has 0 unspecified atom stereocenters. The van der Waals surface area contributed by atoms with Crippen LogP contribution >= 0.6 is 0 Å². The van der Waals surface area contributed by atoms with Gasteiger partial charge in [-0.2, -0.15) is 5.26 Å². The average molecular weight is 393 g/mol. The third kappa shape index (κ3) is 3.94. The van der Waals surface area contributed by atoms with Crippen LogP contribution in [0.3, 0.4) is 0 Å². The second kappa shape index (κ2) is 7.86. The molecule has 0 radical (unpaired) electrons. The molecule has 2 aromatic carbocycles. The molecular weight excluding hydrogens is 377 g/mol. The van der Waals surface area contributed by atoms with Crippen molar-refractivity contribution >= 4 is 5.91 Å². The van der Waals surface area contributed by atoms with Crippen LogP contribution in [0.2, 0.25) is 0 Å². The Kier molecular flexibility index (Phi) is 5.32. The molecule has 0 saturated carbocycles. The van der Waals surface area contributed by atoms with Crippen molar-refractivity contribution in [1.82, 2.24) is 4.98 Å². The van der Waals surface area contributed by atoms with Gasteiger partial charge in [-0.1, -0.05) is 24.3 Å². The number of nitrogens with zero attached hydrogens (tertiary/aromatic N) is 1. The minimum atomic E-state index is -0.796. The van der Waals surface area contributed by atoms with Gasteiger partial charge in [0, 0.05) is 18.1 Å². The Morgan fingerprint density at radius 3 is 2.55 bits per heavy atom. The van der Waals surface area contributed by atoms with Crippen LogP contribution in [-0.4, -0.2) is 23.1 Å². The first-order valence-electron chi connectivity index (χ1n) is 8.46. The third-order valence-corrected chi connectivity index (χ3v) is 4.37. The number of aromatic hydroxyl groups is 1. The number of amides is 1. The molecule has 7 nitrogen and oxygen atoms in total. The summed E-state index contributed by atoms with van der Waals surface area (Å²) in [5.41, 5.74) is 6.58. The molecule has 0 saturated heterocycles. The number of hydrogen-bond donors (Lipinski definition) is 3. The smallest absolute Gasteiger partial charge is 0.252 e. The number of methoxy groups -OCH3 is 1. The molecular formula is C21H16FN3O4. The first-order chi connectivity index (χ1) is 13.8. The summed E-state index contributed by atoms with van der Waals surface area (Å²) in [4.78, 5) is 25.7. The molecule has 3 aromatic rings. The minimum absolute atomic E-state index is 0.0461. The Morgan fingerprint density at radius 2 is 1.97 bits per heavy atom. The minimum Gasteiger partial charge on any atom is -0.506 e. The lowest BCUT2D eigenvalue weighted by Gasteiger charge is -2.13. The van der Waals surface area contributed by atoms with Gasteiger partial charge in [0.1, 0.15) is 28.9 Å². The highest BCUT2D eigenvalue weighted by atomic mass is 19.1. The number of hydrogen-bond acceptors (Lipinski definition) is 5. The summed E-state index contributed by atoms with van der Waals surface area (Å²) in [5, 5.41) is 19.0. The fourth-order valence-electron chi connectivity index (χ4n) is 3.09. The molecule has 29 heavy (non-hydrogen) atoms. The maximum absolute atomic E-state index is 13.9. The van der Waals surface area contributed by atoms with Crippen molar-refractivity contribution in [3.05, 3.63) is 80.9 Å². The van der Waals surface area contributed by atoms with Gasteiger partial charge in [-0.05, 0) is 23.3 Å². The largest absolute Gasteiger partial charge is 0.506 e. The monoisotopic (exact) mass is 393 g/mol. The summed E-state index contributed by atoms with van der Waals surface area (Å²) in [5.74, 6) is -1.61. The second-order valence-electron chi connectivity index (χ2n) is 6.26. The van der Waals surface area contributed by atoms with Crippen LogP contribution in [0.15, 0.2) is 47.3 Å².